The molecule has 0 heterocycles. The highest BCUT2D eigenvalue weighted by Gasteiger charge is 2.34. The van der Waals surface area contributed by atoms with Gasteiger partial charge in [-0.2, -0.15) is 0 Å². The predicted molar refractivity (Wildman–Crippen MR) is 86.1 cm³/mol. The summed E-state index contributed by atoms with van der Waals surface area (Å²) >= 11 is 0. The molecule has 5 N–H and O–H groups in total. The minimum atomic E-state index is -3.65. The van der Waals surface area contributed by atoms with Gasteiger partial charge in [-0.15, -0.1) is 0 Å². The average molecular weight is 304 g/mol. The second-order valence-electron chi connectivity index (χ2n) is 5.19. The zero-order valence-electron chi connectivity index (χ0n) is 11.8. The predicted octanol–water partition coefficient (Wildman–Crippen LogP) is 2.31. The lowest BCUT2D eigenvalue weighted by atomic mass is 10.1. The molecule has 112 valence electrons. The van der Waals surface area contributed by atoms with Crippen molar-refractivity contribution < 1.29 is 9.46 Å². The molecule has 0 saturated carbocycles. The van der Waals surface area contributed by atoms with Crippen molar-refractivity contribution in [3.8, 4) is 0 Å². The molecule has 0 saturated heterocycles. The molecular formula is C16H21N2O2P. The number of rotatable bonds is 6. The number of nitrogens with two attached hydrogens (primary N) is 2. The molecule has 0 spiro atoms. The van der Waals surface area contributed by atoms with Crippen LogP contribution in [0.5, 0.6) is 0 Å². The van der Waals surface area contributed by atoms with Gasteiger partial charge in [-0.05, 0) is 24.0 Å². The second kappa shape index (κ2) is 7.01. The van der Waals surface area contributed by atoms with E-state index in [0.717, 1.165) is 11.1 Å². The van der Waals surface area contributed by atoms with Crippen molar-refractivity contribution in [1.82, 2.24) is 0 Å². The SMILES string of the molecule is N[C@H](Cc1ccccc1)P(=O)(O)[C@@H](N)Cc1ccccc1. The zero-order valence-corrected chi connectivity index (χ0v) is 12.7. The van der Waals surface area contributed by atoms with Crippen LogP contribution in [0, 0.1) is 0 Å². The third-order valence-electron chi connectivity index (χ3n) is 3.53. The highest BCUT2D eigenvalue weighted by Crippen LogP contribution is 2.49. The van der Waals surface area contributed by atoms with E-state index in [4.69, 9.17) is 11.5 Å². The molecule has 0 aromatic heterocycles. The van der Waals surface area contributed by atoms with Gasteiger partial charge in [-0.1, -0.05) is 60.7 Å². The highest BCUT2D eigenvalue weighted by molar-refractivity contribution is 7.59. The van der Waals surface area contributed by atoms with Gasteiger partial charge in [0.25, 0.3) is 0 Å². The summed E-state index contributed by atoms with van der Waals surface area (Å²) in [6.45, 7) is 0. The van der Waals surface area contributed by atoms with Crippen LogP contribution in [0.2, 0.25) is 0 Å². The molecule has 0 radical (unpaired) electrons. The normalized spacial score (nSPS) is 16.9. The number of hydrogen-bond acceptors (Lipinski definition) is 3. The lowest BCUT2D eigenvalue weighted by Gasteiger charge is -2.25. The molecule has 2 rings (SSSR count). The first kappa shape index (κ1) is 15.9. The van der Waals surface area contributed by atoms with Crippen LogP contribution in [0.25, 0.3) is 0 Å². The van der Waals surface area contributed by atoms with Crippen LogP contribution < -0.4 is 11.5 Å². The van der Waals surface area contributed by atoms with Crippen LogP contribution in [0.3, 0.4) is 0 Å². The van der Waals surface area contributed by atoms with Gasteiger partial charge < -0.3 is 16.4 Å². The fourth-order valence-electron chi connectivity index (χ4n) is 2.22. The third-order valence-corrected chi connectivity index (χ3v) is 5.79. The van der Waals surface area contributed by atoms with Crippen molar-refractivity contribution in [2.75, 3.05) is 0 Å². The van der Waals surface area contributed by atoms with E-state index in [1.807, 2.05) is 60.7 Å². The molecular weight excluding hydrogens is 283 g/mol. The maximum absolute atomic E-state index is 12.5. The van der Waals surface area contributed by atoms with Gasteiger partial charge in [-0.3, -0.25) is 4.57 Å². The van der Waals surface area contributed by atoms with Crippen molar-refractivity contribution in [2.45, 2.75) is 24.4 Å². The molecule has 5 heteroatoms. The van der Waals surface area contributed by atoms with Crippen molar-refractivity contribution in [3.63, 3.8) is 0 Å². The first-order valence-electron chi connectivity index (χ1n) is 6.91. The fourth-order valence-corrected chi connectivity index (χ4v) is 3.66. The second-order valence-corrected chi connectivity index (χ2v) is 7.86. The molecule has 3 atom stereocenters. The van der Waals surface area contributed by atoms with Gasteiger partial charge in [0, 0.05) is 0 Å². The minimum absolute atomic E-state index is 0.344. The Bertz CT molecular complexity index is 553. The van der Waals surface area contributed by atoms with Crippen LogP contribution >= 0.6 is 7.37 Å². The average Bonchev–Trinajstić information content (AvgIpc) is 2.49. The quantitative estimate of drug-likeness (QED) is 0.714. The van der Waals surface area contributed by atoms with Gasteiger partial charge in [0.05, 0.1) is 11.6 Å². The van der Waals surface area contributed by atoms with E-state index in [1.165, 1.54) is 0 Å². The van der Waals surface area contributed by atoms with Crippen LogP contribution in [0.1, 0.15) is 11.1 Å². The Morgan fingerprint density at radius 1 is 0.810 bits per heavy atom. The van der Waals surface area contributed by atoms with Crippen LogP contribution in [-0.2, 0) is 17.4 Å². The molecule has 2 aromatic carbocycles. The zero-order chi connectivity index (χ0) is 15.3. The number of benzene rings is 2. The van der Waals surface area contributed by atoms with E-state index in [-0.39, 0.29) is 0 Å². The Balaban J connectivity index is 2.04. The van der Waals surface area contributed by atoms with Crippen LogP contribution in [0.4, 0.5) is 0 Å². The molecule has 2 aromatic rings. The molecule has 0 bridgehead atoms. The summed E-state index contributed by atoms with van der Waals surface area (Å²) in [6.07, 6.45) is 0.689. The summed E-state index contributed by atoms with van der Waals surface area (Å²) in [7, 11) is -3.65. The lowest BCUT2D eigenvalue weighted by molar-refractivity contribution is 0.446. The van der Waals surface area contributed by atoms with Crippen molar-refractivity contribution in [2.24, 2.45) is 11.5 Å². The summed E-state index contributed by atoms with van der Waals surface area (Å²) in [6, 6.07) is 18.9. The molecule has 0 aliphatic carbocycles. The fraction of sp³-hybridized carbons (Fsp3) is 0.250. The van der Waals surface area contributed by atoms with E-state index in [1.54, 1.807) is 0 Å². The maximum atomic E-state index is 12.5. The Morgan fingerprint density at radius 3 is 1.48 bits per heavy atom. The molecule has 1 unspecified atom stereocenters. The molecule has 21 heavy (non-hydrogen) atoms. The largest absolute Gasteiger partial charge is 0.342 e. The summed E-state index contributed by atoms with van der Waals surface area (Å²) in [5.74, 6) is -1.70. The van der Waals surface area contributed by atoms with Gasteiger partial charge in [0.15, 0.2) is 0 Å². The molecule has 0 amide bonds. The minimum Gasteiger partial charge on any atom is -0.342 e. The number of hydrogen-bond donors (Lipinski definition) is 3. The maximum Gasteiger partial charge on any atom is 0.233 e. The highest BCUT2D eigenvalue weighted by atomic mass is 31.2. The topological polar surface area (TPSA) is 89.3 Å². The summed E-state index contributed by atoms with van der Waals surface area (Å²) < 4.78 is 12.5. The van der Waals surface area contributed by atoms with Gasteiger partial charge >= 0.3 is 0 Å². The Hall–Kier alpha value is -1.45. The van der Waals surface area contributed by atoms with E-state index in [9.17, 15) is 9.46 Å². The van der Waals surface area contributed by atoms with Gasteiger partial charge in [-0.25, -0.2) is 0 Å². The van der Waals surface area contributed by atoms with E-state index in [2.05, 4.69) is 0 Å². The van der Waals surface area contributed by atoms with Gasteiger partial charge in [0.2, 0.25) is 7.37 Å². The van der Waals surface area contributed by atoms with Crippen LogP contribution in [0.15, 0.2) is 60.7 Å². The van der Waals surface area contributed by atoms with E-state index >= 15 is 0 Å². The van der Waals surface area contributed by atoms with Crippen LogP contribution in [-0.4, -0.2) is 16.5 Å². The molecule has 0 fully saturated rings. The summed E-state index contributed by atoms with van der Waals surface area (Å²) in [5, 5.41) is 0. The van der Waals surface area contributed by atoms with Crippen molar-refractivity contribution in [1.29, 1.82) is 0 Å². The smallest absolute Gasteiger partial charge is 0.233 e. The molecule has 0 aliphatic rings. The standard InChI is InChI=1S/C16H21N2O2P/c17-15(11-13-7-3-1-4-8-13)21(19,20)16(18)12-14-9-5-2-6-10-14/h1-10,15-16H,11-12,17-18H2,(H,19,20)/t15-,16+. The van der Waals surface area contributed by atoms with E-state index in [0.29, 0.717) is 12.8 Å². The summed E-state index contributed by atoms with van der Waals surface area (Å²) in [5.41, 5.74) is 13.8. The third kappa shape index (κ3) is 4.26. The Morgan fingerprint density at radius 2 is 1.14 bits per heavy atom. The monoisotopic (exact) mass is 304 g/mol. The summed E-state index contributed by atoms with van der Waals surface area (Å²) in [4.78, 5) is 10.3. The molecule has 4 nitrogen and oxygen atoms in total. The van der Waals surface area contributed by atoms with Gasteiger partial charge in [0.1, 0.15) is 0 Å². The van der Waals surface area contributed by atoms with Crippen molar-refractivity contribution >= 4 is 7.37 Å². The first-order valence-corrected chi connectivity index (χ1v) is 8.71. The molecule has 0 aliphatic heterocycles. The lowest BCUT2D eigenvalue weighted by Crippen LogP contribution is -2.34. The Kier molecular flexibility index (Phi) is 5.32. The Labute approximate surface area is 125 Å². The van der Waals surface area contributed by atoms with Crippen molar-refractivity contribution in [3.05, 3.63) is 71.8 Å². The first-order chi connectivity index (χ1) is 10.00. The van der Waals surface area contributed by atoms with E-state index < -0.39 is 18.9 Å².